The number of amides is 2. The van der Waals surface area contributed by atoms with Crippen molar-refractivity contribution < 1.29 is 9.59 Å². The molecule has 6 heteroatoms. The number of aromatic nitrogens is 1. The van der Waals surface area contributed by atoms with E-state index in [2.05, 4.69) is 10.6 Å². The van der Waals surface area contributed by atoms with Gasteiger partial charge in [0.1, 0.15) is 9.88 Å². The van der Waals surface area contributed by atoms with E-state index in [0.717, 1.165) is 16.1 Å². The average Bonchev–Trinajstić information content (AvgIpc) is 3.26. The van der Waals surface area contributed by atoms with E-state index in [-0.39, 0.29) is 11.8 Å². The van der Waals surface area contributed by atoms with Gasteiger partial charge in [-0.2, -0.15) is 0 Å². The molecule has 0 radical (unpaired) electrons. The number of thiazole rings is 1. The highest BCUT2D eigenvalue weighted by atomic mass is 32.1. The fourth-order valence-electron chi connectivity index (χ4n) is 3.01. The lowest BCUT2D eigenvalue weighted by molar-refractivity contribution is 0.0962. The Hall–Kier alpha value is -3.77. The first kappa shape index (κ1) is 19.5. The number of hydrogen-bond donors (Lipinski definition) is 2. The second kappa shape index (κ2) is 8.71. The van der Waals surface area contributed by atoms with Gasteiger partial charge in [-0.3, -0.25) is 9.59 Å². The van der Waals surface area contributed by atoms with Gasteiger partial charge >= 0.3 is 0 Å². The number of anilines is 1. The maximum atomic E-state index is 13.1. The minimum atomic E-state index is -0.235. The number of nitrogens with one attached hydrogen (secondary N) is 2. The fraction of sp³-hybridized carbons (Fsp3) is 0.0417. The number of benzene rings is 3. The topological polar surface area (TPSA) is 71.1 Å². The Balaban J connectivity index is 1.67. The number of rotatable bonds is 5. The summed E-state index contributed by atoms with van der Waals surface area (Å²) >= 11 is 1.36. The lowest BCUT2D eigenvalue weighted by Gasteiger charge is -2.06. The second-order valence-corrected chi connectivity index (χ2v) is 7.54. The molecule has 2 N–H and O–H groups in total. The molecule has 0 saturated heterocycles. The molecule has 0 aliphatic rings. The third-order valence-corrected chi connectivity index (χ3v) is 5.64. The number of carbonyl (C=O) groups is 2. The van der Waals surface area contributed by atoms with Crippen LogP contribution in [0.15, 0.2) is 84.9 Å². The molecule has 0 unspecified atom stereocenters. The number of carbonyl (C=O) groups excluding carboxylic acids is 2. The minimum Gasteiger partial charge on any atom is -0.355 e. The summed E-state index contributed by atoms with van der Waals surface area (Å²) in [4.78, 5) is 30.1. The zero-order valence-corrected chi connectivity index (χ0v) is 17.1. The summed E-state index contributed by atoms with van der Waals surface area (Å²) in [5, 5.41) is 6.28. The maximum Gasteiger partial charge on any atom is 0.268 e. The van der Waals surface area contributed by atoms with E-state index in [4.69, 9.17) is 4.98 Å². The van der Waals surface area contributed by atoms with Crippen LogP contribution in [-0.2, 0) is 0 Å². The van der Waals surface area contributed by atoms with Crippen LogP contribution >= 0.6 is 11.3 Å². The van der Waals surface area contributed by atoms with Crippen LogP contribution in [0.2, 0.25) is 0 Å². The van der Waals surface area contributed by atoms with E-state index in [1.54, 1.807) is 31.3 Å². The first-order valence-corrected chi connectivity index (χ1v) is 10.2. The molecule has 4 rings (SSSR count). The molecule has 30 heavy (non-hydrogen) atoms. The van der Waals surface area contributed by atoms with Crippen molar-refractivity contribution in [2.45, 2.75) is 0 Å². The Morgan fingerprint density at radius 1 is 0.767 bits per heavy atom. The number of hydrogen-bond acceptors (Lipinski definition) is 4. The molecule has 0 aliphatic heterocycles. The quantitative estimate of drug-likeness (QED) is 0.479. The van der Waals surface area contributed by atoms with Crippen LogP contribution < -0.4 is 10.6 Å². The van der Waals surface area contributed by atoms with E-state index >= 15 is 0 Å². The molecule has 3 aromatic carbocycles. The Morgan fingerprint density at radius 2 is 1.37 bits per heavy atom. The van der Waals surface area contributed by atoms with E-state index < -0.39 is 0 Å². The van der Waals surface area contributed by atoms with E-state index in [0.29, 0.717) is 21.8 Å². The summed E-state index contributed by atoms with van der Waals surface area (Å²) in [5.74, 6) is -0.407. The van der Waals surface area contributed by atoms with Crippen molar-refractivity contribution in [2.75, 3.05) is 12.4 Å². The average molecular weight is 414 g/mol. The highest BCUT2D eigenvalue weighted by Gasteiger charge is 2.20. The van der Waals surface area contributed by atoms with E-state index in [1.165, 1.54) is 11.3 Å². The van der Waals surface area contributed by atoms with Gasteiger partial charge in [-0.25, -0.2) is 4.98 Å². The molecule has 0 spiro atoms. The lowest BCUT2D eigenvalue weighted by atomic mass is 10.1. The van der Waals surface area contributed by atoms with Crippen molar-refractivity contribution >= 4 is 28.8 Å². The molecular weight excluding hydrogens is 394 g/mol. The Labute approximate surface area is 178 Å². The SMILES string of the molecule is CNC(=O)c1ccc(NC(=O)c2sc(-c3ccccc3)nc2-c2ccccc2)cc1. The zero-order chi connectivity index (χ0) is 20.9. The predicted octanol–water partition coefficient (Wildman–Crippen LogP) is 5.09. The molecule has 0 fully saturated rings. The van der Waals surface area contributed by atoms with Gasteiger partial charge < -0.3 is 10.6 Å². The van der Waals surface area contributed by atoms with Crippen molar-refractivity contribution in [1.29, 1.82) is 0 Å². The summed E-state index contributed by atoms with van der Waals surface area (Å²) in [6, 6.07) is 26.3. The standard InChI is InChI=1S/C24H19N3O2S/c1-25-22(28)17-12-14-19(15-13-17)26-23(29)21-20(16-8-4-2-5-9-16)27-24(30-21)18-10-6-3-7-11-18/h2-15H,1H3,(H,25,28)(H,26,29). The molecule has 5 nitrogen and oxygen atoms in total. The first-order valence-electron chi connectivity index (χ1n) is 9.41. The summed E-state index contributed by atoms with van der Waals surface area (Å²) in [5.41, 5.74) is 3.65. The number of nitrogens with zero attached hydrogens (tertiary/aromatic N) is 1. The second-order valence-electron chi connectivity index (χ2n) is 6.54. The van der Waals surface area contributed by atoms with Gasteiger partial charge in [-0.15, -0.1) is 11.3 Å². The highest BCUT2D eigenvalue weighted by molar-refractivity contribution is 7.17. The lowest BCUT2D eigenvalue weighted by Crippen LogP contribution is -2.17. The van der Waals surface area contributed by atoms with E-state index in [9.17, 15) is 9.59 Å². The molecule has 4 aromatic rings. The Kier molecular flexibility index (Phi) is 5.68. The largest absolute Gasteiger partial charge is 0.355 e. The molecule has 2 amide bonds. The third-order valence-electron chi connectivity index (χ3n) is 4.53. The maximum absolute atomic E-state index is 13.1. The molecule has 0 atom stereocenters. The van der Waals surface area contributed by atoms with Crippen LogP contribution in [0, 0.1) is 0 Å². The smallest absolute Gasteiger partial charge is 0.268 e. The van der Waals surface area contributed by atoms with Crippen molar-refractivity contribution in [1.82, 2.24) is 10.3 Å². The van der Waals surface area contributed by atoms with Crippen LogP contribution in [0.1, 0.15) is 20.0 Å². The molecular formula is C24H19N3O2S. The molecule has 1 heterocycles. The normalized spacial score (nSPS) is 10.4. The van der Waals surface area contributed by atoms with Crippen LogP contribution in [0.3, 0.4) is 0 Å². The van der Waals surface area contributed by atoms with Gasteiger partial charge in [0.2, 0.25) is 0 Å². The van der Waals surface area contributed by atoms with Gasteiger partial charge in [0.25, 0.3) is 11.8 Å². The summed E-state index contributed by atoms with van der Waals surface area (Å²) in [6.45, 7) is 0. The molecule has 1 aromatic heterocycles. The van der Waals surface area contributed by atoms with Gasteiger partial charge in [0, 0.05) is 29.4 Å². The van der Waals surface area contributed by atoms with Gasteiger partial charge in [0.15, 0.2) is 0 Å². The van der Waals surface area contributed by atoms with Crippen molar-refractivity contribution in [3.05, 3.63) is 95.4 Å². The predicted molar refractivity (Wildman–Crippen MR) is 121 cm³/mol. The monoisotopic (exact) mass is 413 g/mol. The third kappa shape index (κ3) is 4.14. The first-order chi connectivity index (χ1) is 14.7. The summed E-state index contributed by atoms with van der Waals surface area (Å²) in [7, 11) is 1.58. The Morgan fingerprint density at radius 3 is 1.97 bits per heavy atom. The van der Waals surface area contributed by atoms with Gasteiger partial charge in [-0.1, -0.05) is 60.7 Å². The van der Waals surface area contributed by atoms with Crippen LogP contribution in [-0.4, -0.2) is 23.8 Å². The van der Waals surface area contributed by atoms with Crippen LogP contribution in [0.5, 0.6) is 0 Å². The molecule has 148 valence electrons. The molecule has 0 bridgehead atoms. The van der Waals surface area contributed by atoms with E-state index in [1.807, 2.05) is 60.7 Å². The summed E-state index contributed by atoms with van der Waals surface area (Å²) < 4.78 is 0. The van der Waals surface area contributed by atoms with Crippen LogP contribution in [0.4, 0.5) is 5.69 Å². The summed E-state index contributed by atoms with van der Waals surface area (Å²) in [6.07, 6.45) is 0. The molecule has 0 aliphatic carbocycles. The zero-order valence-electron chi connectivity index (χ0n) is 16.3. The fourth-order valence-corrected chi connectivity index (χ4v) is 4.00. The van der Waals surface area contributed by atoms with Gasteiger partial charge in [-0.05, 0) is 24.3 Å². The highest BCUT2D eigenvalue weighted by Crippen LogP contribution is 2.34. The molecule has 0 saturated carbocycles. The van der Waals surface area contributed by atoms with Crippen molar-refractivity contribution in [3.8, 4) is 21.8 Å². The van der Waals surface area contributed by atoms with Gasteiger partial charge in [0.05, 0.1) is 5.69 Å². The Bertz CT molecular complexity index is 1170. The van der Waals surface area contributed by atoms with Crippen molar-refractivity contribution in [2.24, 2.45) is 0 Å². The minimum absolute atomic E-state index is 0.172. The van der Waals surface area contributed by atoms with Crippen molar-refractivity contribution in [3.63, 3.8) is 0 Å². The van der Waals surface area contributed by atoms with Crippen LogP contribution in [0.25, 0.3) is 21.8 Å².